The lowest BCUT2D eigenvalue weighted by atomic mass is 9.96. The zero-order valence-corrected chi connectivity index (χ0v) is 21.9. The first-order valence-corrected chi connectivity index (χ1v) is 11.7. The van der Waals surface area contributed by atoms with Crippen LogP contribution in [0.5, 0.6) is 5.75 Å². The maximum atomic E-state index is 6.14. The molecule has 2 saturated carbocycles. The number of aromatic nitrogens is 3. The van der Waals surface area contributed by atoms with E-state index in [1.165, 1.54) is 50.5 Å². The zero-order valence-electron chi connectivity index (χ0n) is 19.6. The van der Waals surface area contributed by atoms with Crippen LogP contribution in [0.1, 0.15) is 67.7 Å². The van der Waals surface area contributed by atoms with Crippen LogP contribution in [0.4, 0.5) is 0 Å². The molecule has 2 fully saturated rings. The van der Waals surface area contributed by atoms with Gasteiger partial charge in [0.2, 0.25) is 0 Å². The Kier molecular flexibility index (Phi) is 9.19. The van der Waals surface area contributed by atoms with Gasteiger partial charge < -0.3 is 19.9 Å². The van der Waals surface area contributed by atoms with E-state index in [2.05, 4.69) is 46.0 Å². The van der Waals surface area contributed by atoms with Crippen molar-refractivity contribution in [3.05, 3.63) is 41.0 Å². The molecular formula is C24H37IN6O. The van der Waals surface area contributed by atoms with Crippen molar-refractivity contribution in [2.24, 2.45) is 18.0 Å². The minimum atomic E-state index is 0. The Balaban J connectivity index is 0.00000289. The van der Waals surface area contributed by atoms with E-state index >= 15 is 0 Å². The fourth-order valence-corrected chi connectivity index (χ4v) is 3.94. The molecule has 0 atom stereocenters. The smallest absolute Gasteiger partial charge is 0.192 e. The van der Waals surface area contributed by atoms with Crippen LogP contribution < -0.4 is 15.4 Å². The summed E-state index contributed by atoms with van der Waals surface area (Å²) in [4.78, 5) is 4.93. The summed E-state index contributed by atoms with van der Waals surface area (Å²) in [6.07, 6.45) is 8.88. The Morgan fingerprint density at radius 2 is 1.91 bits per heavy atom. The molecule has 1 aromatic heterocycles. The Labute approximate surface area is 208 Å². The van der Waals surface area contributed by atoms with Gasteiger partial charge in [-0.3, -0.25) is 0 Å². The van der Waals surface area contributed by atoms with Gasteiger partial charge in [-0.05, 0) is 57.1 Å². The van der Waals surface area contributed by atoms with E-state index in [-0.39, 0.29) is 24.0 Å². The summed E-state index contributed by atoms with van der Waals surface area (Å²) in [7, 11) is 1.99. The molecule has 0 spiro atoms. The molecule has 0 amide bonds. The molecular weight excluding hydrogens is 515 g/mol. The van der Waals surface area contributed by atoms with Crippen LogP contribution in [-0.2, 0) is 20.1 Å². The standard InChI is InChI=1S/C24H36N6O.HI/c1-17-9-12-20(22(13-17)31-16-19-10-11-19)14-25-24(27-21-7-5-4-6-8-21)26-15-23-29-28-18(2)30(23)3;/h9,12-13,19,21H,4-8,10-11,14-16H2,1-3H3,(H2,25,26,27);1H. The number of benzene rings is 1. The maximum Gasteiger partial charge on any atom is 0.192 e. The van der Waals surface area contributed by atoms with E-state index in [9.17, 15) is 0 Å². The minimum Gasteiger partial charge on any atom is -0.493 e. The number of hydrogen-bond acceptors (Lipinski definition) is 4. The van der Waals surface area contributed by atoms with Gasteiger partial charge in [0.1, 0.15) is 11.6 Å². The molecule has 0 saturated heterocycles. The van der Waals surface area contributed by atoms with Crippen molar-refractivity contribution in [3.8, 4) is 5.75 Å². The van der Waals surface area contributed by atoms with E-state index in [0.29, 0.717) is 19.1 Å². The average Bonchev–Trinajstić information content (AvgIpc) is 3.55. The van der Waals surface area contributed by atoms with Gasteiger partial charge in [0.25, 0.3) is 0 Å². The molecule has 4 rings (SSSR count). The minimum absolute atomic E-state index is 0. The highest BCUT2D eigenvalue weighted by Gasteiger charge is 2.22. The van der Waals surface area contributed by atoms with Crippen molar-refractivity contribution in [2.45, 2.75) is 77.9 Å². The SMILES string of the molecule is Cc1ccc(CN=C(NCc2nnc(C)n2C)NC2CCCCC2)c(OCC2CC2)c1.I. The molecule has 8 heteroatoms. The molecule has 0 aliphatic heterocycles. The van der Waals surface area contributed by atoms with E-state index in [0.717, 1.165) is 41.4 Å². The Hall–Kier alpha value is -1.84. The van der Waals surface area contributed by atoms with Gasteiger partial charge in [0.05, 0.1) is 19.7 Å². The summed E-state index contributed by atoms with van der Waals surface area (Å²) < 4.78 is 8.15. The molecule has 32 heavy (non-hydrogen) atoms. The fraction of sp³-hybridized carbons (Fsp3) is 0.625. The summed E-state index contributed by atoms with van der Waals surface area (Å²) in [6, 6.07) is 6.89. The van der Waals surface area contributed by atoms with Crippen LogP contribution in [0.15, 0.2) is 23.2 Å². The number of halogens is 1. The van der Waals surface area contributed by atoms with Gasteiger partial charge in [-0.1, -0.05) is 31.4 Å². The first-order chi connectivity index (χ1) is 15.1. The summed E-state index contributed by atoms with van der Waals surface area (Å²) in [5, 5.41) is 15.6. The normalized spacial score (nSPS) is 17.0. The third-order valence-corrected chi connectivity index (χ3v) is 6.34. The Bertz CT molecular complexity index is 902. The predicted molar refractivity (Wildman–Crippen MR) is 139 cm³/mol. The second-order valence-electron chi connectivity index (χ2n) is 9.09. The highest BCUT2D eigenvalue weighted by molar-refractivity contribution is 14.0. The molecule has 176 valence electrons. The molecule has 0 radical (unpaired) electrons. The largest absolute Gasteiger partial charge is 0.493 e. The summed E-state index contributed by atoms with van der Waals surface area (Å²) >= 11 is 0. The van der Waals surface area contributed by atoms with Crippen LogP contribution in [0.2, 0.25) is 0 Å². The van der Waals surface area contributed by atoms with E-state index in [4.69, 9.17) is 9.73 Å². The monoisotopic (exact) mass is 552 g/mol. The van der Waals surface area contributed by atoms with Gasteiger partial charge in [-0.2, -0.15) is 0 Å². The third kappa shape index (κ3) is 7.08. The van der Waals surface area contributed by atoms with Gasteiger partial charge in [-0.15, -0.1) is 34.2 Å². The number of aliphatic imine (C=N–C) groups is 1. The van der Waals surface area contributed by atoms with Crippen LogP contribution in [0, 0.1) is 19.8 Å². The average molecular weight is 553 g/mol. The molecule has 2 aliphatic carbocycles. The number of guanidine groups is 1. The number of aryl methyl sites for hydroxylation is 2. The summed E-state index contributed by atoms with van der Waals surface area (Å²) in [6.45, 7) is 6.07. The summed E-state index contributed by atoms with van der Waals surface area (Å²) in [5.74, 6) is 4.35. The number of hydrogen-bond donors (Lipinski definition) is 2. The lowest BCUT2D eigenvalue weighted by molar-refractivity contribution is 0.296. The Morgan fingerprint density at radius 1 is 1.12 bits per heavy atom. The third-order valence-electron chi connectivity index (χ3n) is 6.34. The predicted octanol–water partition coefficient (Wildman–Crippen LogP) is 4.41. The molecule has 0 bridgehead atoms. The van der Waals surface area contributed by atoms with Gasteiger partial charge in [0.15, 0.2) is 11.8 Å². The van der Waals surface area contributed by atoms with Crippen molar-refractivity contribution in [1.29, 1.82) is 0 Å². The molecule has 1 heterocycles. The summed E-state index contributed by atoms with van der Waals surface area (Å²) in [5.41, 5.74) is 2.35. The molecule has 1 aromatic carbocycles. The Morgan fingerprint density at radius 3 is 2.59 bits per heavy atom. The van der Waals surface area contributed by atoms with Crippen molar-refractivity contribution < 1.29 is 4.74 Å². The van der Waals surface area contributed by atoms with Crippen LogP contribution in [-0.4, -0.2) is 33.4 Å². The number of ether oxygens (including phenoxy) is 1. The zero-order chi connectivity index (χ0) is 21.6. The van der Waals surface area contributed by atoms with Crippen LogP contribution in [0.3, 0.4) is 0 Å². The van der Waals surface area contributed by atoms with Crippen LogP contribution >= 0.6 is 24.0 Å². The number of nitrogens with one attached hydrogen (secondary N) is 2. The van der Waals surface area contributed by atoms with Gasteiger partial charge >= 0.3 is 0 Å². The second kappa shape index (κ2) is 11.9. The van der Waals surface area contributed by atoms with Crippen molar-refractivity contribution in [1.82, 2.24) is 25.4 Å². The fourth-order valence-electron chi connectivity index (χ4n) is 3.94. The maximum absolute atomic E-state index is 6.14. The molecule has 7 nitrogen and oxygen atoms in total. The molecule has 2 aliphatic rings. The van der Waals surface area contributed by atoms with Crippen molar-refractivity contribution in [2.75, 3.05) is 6.61 Å². The lowest BCUT2D eigenvalue weighted by Crippen LogP contribution is -2.44. The lowest BCUT2D eigenvalue weighted by Gasteiger charge is -2.25. The highest BCUT2D eigenvalue weighted by atomic mass is 127. The van der Waals surface area contributed by atoms with Gasteiger partial charge in [0, 0.05) is 18.7 Å². The van der Waals surface area contributed by atoms with E-state index in [1.807, 2.05) is 18.5 Å². The van der Waals surface area contributed by atoms with Crippen molar-refractivity contribution >= 4 is 29.9 Å². The first-order valence-electron chi connectivity index (χ1n) is 11.7. The van der Waals surface area contributed by atoms with E-state index < -0.39 is 0 Å². The number of rotatable bonds is 8. The van der Waals surface area contributed by atoms with Crippen LogP contribution in [0.25, 0.3) is 0 Å². The van der Waals surface area contributed by atoms with Gasteiger partial charge in [-0.25, -0.2) is 4.99 Å². The molecule has 0 unspecified atom stereocenters. The quantitative estimate of drug-likeness (QED) is 0.289. The second-order valence-corrected chi connectivity index (χ2v) is 9.09. The first kappa shape index (κ1) is 24.8. The molecule has 2 N–H and O–H groups in total. The van der Waals surface area contributed by atoms with E-state index in [1.54, 1.807) is 0 Å². The van der Waals surface area contributed by atoms with Crippen molar-refractivity contribution in [3.63, 3.8) is 0 Å². The topological polar surface area (TPSA) is 76.4 Å². The molecule has 2 aromatic rings. The number of nitrogens with zero attached hydrogens (tertiary/aromatic N) is 4. The highest BCUT2D eigenvalue weighted by Crippen LogP contribution is 2.31.